The van der Waals surface area contributed by atoms with Crippen LogP contribution >= 0.6 is 0 Å². The van der Waals surface area contributed by atoms with Gasteiger partial charge in [0.1, 0.15) is 0 Å². The van der Waals surface area contributed by atoms with Crippen LogP contribution in [0.5, 0.6) is 0 Å². The van der Waals surface area contributed by atoms with E-state index in [2.05, 4.69) is 10.6 Å². The summed E-state index contributed by atoms with van der Waals surface area (Å²) in [6, 6.07) is 27.4. The molecule has 0 radical (unpaired) electrons. The molecule has 0 aliphatic heterocycles. The van der Waals surface area contributed by atoms with E-state index in [1.54, 1.807) is 0 Å². The number of carbonyl (C=O) groups excluding carboxylic acids is 1. The molecule has 0 heterocycles. The minimum atomic E-state index is -0.0139. The van der Waals surface area contributed by atoms with Crippen molar-refractivity contribution in [1.29, 1.82) is 0 Å². The first-order valence-corrected chi connectivity index (χ1v) is 7.55. The number of rotatable bonds is 5. The van der Waals surface area contributed by atoms with Gasteiger partial charge >= 0.3 is 0 Å². The van der Waals surface area contributed by atoms with Crippen LogP contribution in [0.4, 0.5) is 17.1 Å². The van der Waals surface area contributed by atoms with E-state index in [0.29, 0.717) is 6.42 Å². The molecule has 0 unspecified atom stereocenters. The highest BCUT2D eigenvalue weighted by atomic mass is 16.1. The fourth-order valence-corrected chi connectivity index (χ4v) is 2.31. The summed E-state index contributed by atoms with van der Waals surface area (Å²) in [5.41, 5.74) is 3.82. The normalized spacial score (nSPS) is 10.1. The molecule has 3 aromatic carbocycles. The number of anilines is 3. The maximum absolute atomic E-state index is 12.0. The molecule has 0 saturated carbocycles. The van der Waals surface area contributed by atoms with Crippen molar-refractivity contribution in [2.24, 2.45) is 0 Å². The molecular weight excluding hydrogens is 284 g/mol. The molecule has 0 bridgehead atoms. The second-order valence-electron chi connectivity index (χ2n) is 5.28. The van der Waals surface area contributed by atoms with E-state index in [1.807, 2.05) is 84.9 Å². The lowest BCUT2D eigenvalue weighted by Crippen LogP contribution is -2.14. The lowest BCUT2D eigenvalue weighted by Gasteiger charge is -2.09. The molecule has 0 aliphatic carbocycles. The van der Waals surface area contributed by atoms with Crippen LogP contribution in [0.25, 0.3) is 0 Å². The minimum Gasteiger partial charge on any atom is -0.356 e. The van der Waals surface area contributed by atoms with Crippen molar-refractivity contribution in [2.75, 3.05) is 10.6 Å². The Morgan fingerprint density at radius 3 is 1.83 bits per heavy atom. The van der Waals surface area contributed by atoms with Gasteiger partial charge in [0.2, 0.25) is 5.91 Å². The van der Waals surface area contributed by atoms with Crippen LogP contribution in [0, 0.1) is 0 Å². The summed E-state index contributed by atoms with van der Waals surface area (Å²) in [5.74, 6) is -0.0139. The quantitative estimate of drug-likeness (QED) is 0.722. The van der Waals surface area contributed by atoms with Crippen molar-refractivity contribution in [3.63, 3.8) is 0 Å². The van der Waals surface area contributed by atoms with Crippen molar-refractivity contribution in [1.82, 2.24) is 0 Å². The van der Waals surface area contributed by atoms with Crippen LogP contribution in [0.3, 0.4) is 0 Å². The molecule has 1 amide bonds. The monoisotopic (exact) mass is 302 g/mol. The average Bonchev–Trinajstić information content (AvgIpc) is 2.58. The van der Waals surface area contributed by atoms with E-state index in [1.165, 1.54) is 0 Å². The summed E-state index contributed by atoms with van der Waals surface area (Å²) < 4.78 is 0. The van der Waals surface area contributed by atoms with E-state index in [9.17, 15) is 4.79 Å². The summed E-state index contributed by atoms with van der Waals surface area (Å²) in [6.45, 7) is 0. The lowest BCUT2D eigenvalue weighted by atomic mass is 10.1. The van der Waals surface area contributed by atoms with Gasteiger partial charge in [0.05, 0.1) is 6.42 Å². The number of nitrogens with one attached hydrogen (secondary N) is 2. The summed E-state index contributed by atoms with van der Waals surface area (Å²) in [5, 5.41) is 6.23. The second-order valence-corrected chi connectivity index (χ2v) is 5.28. The number of hydrogen-bond acceptors (Lipinski definition) is 2. The molecular formula is C20H18N2O. The van der Waals surface area contributed by atoms with Gasteiger partial charge in [-0.1, -0.05) is 48.5 Å². The van der Waals surface area contributed by atoms with Crippen molar-refractivity contribution in [3.05, 3.63) is 90.5 Å². The first-order valence-electron chi connectivity index (χ1n) is 7.55. The molecule has 0 atom stereocenters. The van der Waals surface area contributed by atoms with Gasteiger partial charge in [-0.3, -0.25) is 4.79 Å². The summed E-state index contributed by atoms with van der Waals surface area (Å²) >= 11 is 0. The van der Waals surface area contributed by atoms with Crippen LogP contribution in [-0.4, -0.2) is 5.91 Å². The average molecular weight is 302 g/mol. The summed E-state index contributed by atoms with van der Waals surface area (Å²) in [6.07, 6.45) is 0.380. The third-order valence-corrected chi connectivity index (χ3v) is 3.44. The van der Waals surface area contributed by atoms with Crippen molar-refractivity contribution in [3.8, 4) is 0 Å². The van der Waals surface area contributed by atoms with Crippen molar-refractivity contribution >= 4 is 23.0 Å². The van der Waals surface area contributed by atoms with Crippen LogP contribution in [-0.2, 0) is 11.2 Å². The van der Waals surface area contributed by atoms with E-state index in [-0.39, 0.29) is 5.91 Å². The van der Waals surface area contributed by atoms with Crippen LogP contribution < -0.4 is 10.6 Å². The van der Waals surface area contributed by atoms with Crippen LogP contribution in [0.15, 0.2) is 84.9 Å². The zero-order chi connectivity index (χ0) is 15.9. The highest BCUT2D eigenvalue weighted by Gasteiger charge is 2.04. The lowest BCUT2D eigenvalue weighted by molar-refractivity contribution is -0.115. The van der Waals surface area contributed by atoms with E-state index < -0.39 is 0 Å². The second kappa shape index (κ2) is 7.27. The third kappa shape index (κ3) is 4.45. The molecule has 0 saturated heterocycles. The number of para-hydroxylation sites is 1. The minimum absolute atomic E-state index is 0.0139. The Kier molecular flexibility index (Phi) is 4.69. The molecule has 3 heteroatoms. The first kappa shape index (κ1) is 14.9. The van der Waals surface area contributed by atoms with Gasteiger partial charge < -0.3 is 10.6 Å². The Morgan fingerprint density at radius 2 is 1.17 bits per heavy atom. The molecule has 0 aliphatic rings. The molecule has 0 fully saturated rings. The van der Waals surface area contributed by atoms with Gasteiger partial charge in [0.15, 0.2) is 0 Å². The fourth-order valence-electron chi connectivity index (χ4n) is 2.31. The molecule has 0 aromatic heterocycles. The van der Waals surface area contributed by atoms with E-state index in [4.69, 9.17) is 0 Å². The van der Waals surface area contributed by atoms with Crippen molar-refractivity contribution in [2.45, 2.75) is 6.42 Å². The molecule has 3 nitrogen and oxygen atoms in total. The zero-order valence-corrected chi connectivity index (χ0v) is 12.7. The number of benzene rings is 3. The highest BCUT2D eigenvalue weighted by molar-refractivity contribution is 5.92. The van der Waals surface area contributed by atoms with E-state index in [0.717, 1.165) is 22.6 Å². The van der Waals surface area contributed by atoms with Gasteiger partial charge in [0.25, 0.3) is 0 Å². The highest BCUT2D eigenvalue weighted by Crippen LogP contribution is 2.18. The number of carbonyl (C=O) groups is 1. The Bertz CT molecular complexity index is 753. The van der Waals surface area contributed by atoms with Crippen LogP contribution in [0.2, 0.25) is 0 Å². The molecule has 114 valence electrons. The first-order chi connectivity index (χ1) is 11.3. The summed E-state index contributed by atoms with van der Waals surface area (Å²) in [7, 11) is 0. The van der Waals surface area contributed by atoms with Gasteiger partial charge in [-0.05, 0) is 42.0 Å². The van der Waals surface area contributed by atoms with Gasteiger partial charge in [-0.2, -0.15) is 0 Å². The van der Waals surface area contributed by atoms with Gasteiger partial charge in [-0.15, -0.1) is 0 Å². The smallest absolute Gasteiger partial charge is 0.228 e. The SMILES string of the molecule is O=C(Cc1ccccc1)Nc1ccc(Nc2ccccc2)cc1. The van der Waals surface area contributed by atoms with Gasteiger partial charge in [0, 0.05) is 17.1 Å². The standard InChI is InChI=1S/C20H18N2O/c23-20(15-16-7-3-1-4-8-16)22-19-13-11-18(12-14-19)21-17-9-5-2-6-10-17/h1-14,21H,15H2,(H,22,23). The Balaban J connectivity index is 1.58. The van der Waals surface area contributed by atoms with Crippen molar-refractivity contribution < 1.29 is 4.79 Å². The fraction of sp³-hybridized carbons (Fsp3) is 0.0500. The van der Waals surface area contributed by atoms with Crippen LogP contribution in [0.1, 0.15) is 5.56 Å². The number of amides is 1. The molecule has 23 heavy (non-hydrogen) atoms. The molecule has 2 N–H and O–H groups in total. The third-order valence-electron chi connectivity index (χ3n) is 3.44. The predicted octanol–water partition coefficient (Wildman–Crippen LogP) is 4.61. The number of hydrogen-bond donors (Lipinski definition) is 2. The van der Waals surface area contributed by atoms with E-state index >= 15 is 0 Å². The molecule has 3 rings (SSSR count). The Labute approximate surface area is 136 Å². The summed E-state index contributed by atoms with van der Waals surface area (Å²) in [4.78, 5) is 12.0. The molecule has 0 spiro atoms. The largest absolute Gasteiger partial charge is 0.356 e. The topological polar surface area (TPSA) is 41.1 Å². The maximum Gasteiger partial charge on any atom is 0.228 e. The Morgan fingerprint density at radius 1 is 0.652 bits per heavy atom. The zero-order valence-electron chi connectivity index (χ0n) is 12.7. The molecule has 3 aromatic rings. The van der Waals surface area contributed by atoms with Gasteiger partial charge in [-0.25, -0.2) is 0 Å². The maximum atomic E-state index is 12.0. The predicted molar refractivity (Wildman–Crippen MR) is 94.9 cm³/mol. The Hall–Kier alpha value is -3.07.